The van der Waals surface area contributed by atoms with Gasteiger partial charge in [0.05, 0.1) is 6.61 Å². The molecule has 0 bridgehead atoms. The van der Waals surface area contributed by atoms with Crippen LogP contribution in [0.15, 0.2) is 48.5 Å². The van der Waals surface area contributed by atoms with E-state index < -0.39 is 0 Å². The Balaban J connectivity index is 1.22. The molecule has 1 aliphatic rings. The molecule has 0 saturated carbocycles. The largest absolute Gasteiger partial charge is 0.491 e. The molecule has 1 N–H and O–H groups in total. The van der Waals surface area contributed by atoms with Gasteiger partial charge in [0, 0.05) is 44.8 Å². The minimum absolute atomic E-state index is 0.0244. The smallest absolute Gasteiger partial charge is 0.220 e. The zero-order chi connectivity index (χ0) is 21.2. The van der Waals surface area contributed by atoms with Gasteiger partial charge in [-0.1, -0.05) is 24.3 Å². The number of aryl methyl sites for hydroxylation is 1. The predicted molar refractivity (Wildman–Crippen MR) is 119 cm³/mol. The normalized spacial score (nSPS) is 14.5. The van der Waals surface area contributed by atoms with Crippen LogP contribution in [0.25, 0.3) is 0 Å². The summed E-state index contributed by atoms with van der Waals surface area (Å²) in [5.74, 6) is -0.113. The summed E-state index contributed by atoms with van der Waals surface area (Å²) in [7, 11) is 0. The maximum Gasteiger partial charge on any atom is 0.220 e. The Kier molecular flexibility index (Phi) is 8.51. The number of carbonyl (C=O) groups is 1. The van der Waals surface area contributed by atoms with Crippen molar-refractivity contribution in [3.63, 3.8) is 0 Å². The lowest BCUT2D eigenvalue weighted by atomic mass is 10.2. The number of rotatable bonds is 10. The minimum Gasteiger partial charge on any atom is -0.491 e. The molecular formula is C24H32FN3O2. The molecule has 1 saturated heterocycles. The SMILES string of the molecule is Cc1cccc(N2CCN(CCCNC(=O)CCCOc3ccccc3F)CC2)c1. The molecule has 1 fully saturated rings. The van der Waals surface area contributed by atoms with Gasteiger partial charge in [0.25, 0.3) is 0 Å². The first-order chi connectivity index (χ1) is 14.6. The van der Waals surface area contributed by atoms with Crippen LogP contribution >= 0.6 is 0 Å². The third-order valence-corrected chi connectivity index (χ3v) is 5.35. The Morgan fingerprint density at radius 2 is 1.87 bits per heavy atom. The molecule has 2 aromatic carbocycles. The number of hydrogen-bond acceptors (Lipinski definition) is 4. The van der Waals surface area contributed by atoms with E-state index >= 15 is 0 Å². The molecule has 2 aromatic rings. The number of halogens is 1. The fourth-order valence-corrected chi connectivity index (χ4v) is 3.65. The number of nitrogens with zero attached hydrogens (tertiary/aromatic N) is 2. The van der Waals surface area contributed by atoms with Gasteiger partial charge in [-0.3, -0.25) is 9.69 Å². The molecule has 1 heterocycles. The summed E-state index contributed by atoms with van der Waals surface area (Å²) in [5, 5.41) is 2.97. The van der Waals surface area contributed by atoms with E-state index in [1.54, 1.807) is 18.2 Å². The average Bonchev–Trinajstić information content (AvgIpc) is 2.76. The van der Waals surface area contributed by atoms with E-state index in [0.29, 0.717) is 26.0 Å². The number of ether oxygens (including phenoxy) is 1. The van der Waals surface area contributed by atoms with Crippen molar-refractivity contribution in [1.29, 1.82) is 0 Å². The number of nitrogens with one attached hydrogen (secondary N) is 1. The zero-order valence-electron chi connectivity index (χ0n) is 17.8. The number of anilines is 1. The lowest BCUT2D eigenvalue weighted by molar-refractivity contribution is -0.121. The molecule has 1 aliphatic heterocycles. The van der Waals surface area contributed by atoms with E-state index in [-0.39, 0.29) is 17.5 Å². The number of hydrogen-bond donors (Lipinski definition) is 1. The van der Waals surface area contributed by atoms with Crippen molar-refractivity contribution >= 4 is 11.6 Å². The third-order valence-electron chi connectivity index (χ3n) is 5.35. The van der Waals surface area contributed by atoms with E-state index in [1.807, 2.05) is 0 Å². The second kappa shape index (κ2) is 11.6. The number of piperazine rings is 1. The topological polar surface area (TPSA) is 44.8 Å². The summed E-state index contributed by atoms with van der Waals surface area (Å²) in [4.78, 5) is 16.8. The van der Waals surface area contributed by atoms with E-state index in [2.05, 4.69) is 46.3 Å². The summed E-state index contributed by atoms with van der Waals surface area (Å²) in [5.41, 5.74) is 2.60. The summed E-state index contributed by atoms with van der Waals surface area (Å²) >= 11 is 0. The van der Waals surface area contributed by atoms with Crippen molar-refractivity contribution in [2.24, 2.45) is 0 Å². The van der Waals surface area contributed by atoms with Gasteiger partial charge in [-0.2, -0.15) is 0 Å². The van der Waals surface area contributed by atoms with Crippen LogP contribution in [0.2, 0.25) is 0 Å². The Morgan fingerprint density at radius 1 is 1.07 bits per heavy atom. The molecule has 3 rings (SSSR count). The highest BCUT2D eigenvalue weighted by molar-refractivity contribution is 5.75. The van der Waals surface area contributed by atoms with Crippen LogP contribution in [0.5, 0.6) is 5.75 Å². The highest BCUT2D eigenvalue weighted by Crippen LogP contribution is 2.18. The van der Waals surface area contributed by atoms with Gasteiger partial charge >= 0.3 is 0 Å². The molecule has 0 spiro atoms. The molecule has 0 aliphatic carbocycles. The van der Waals surface area contributed by atoms with Crippen molar-refractivity contribution in [3.05, 3.63) is 59.9 Å². The van der Waals surface area contributed by atoms with E-state index in [0.717, 1.165) is 39.1 Å². The van der Waals surface area contributed by atoms with Crippen molar-refractivity contribution in [1.82, 2.24) is 10.2 Å². The lowest BCUT2D eigenvalue weighted by Crippen LogP contribution is -2.47. The molecule has 5 nitrogen and oxygen atoms in total. The van der Waals surface area contributed by atoms with Gasteiger partial charge in [0.15, 0.2) is 11.6 Å². The summed E-state index contributed by atoms with van der Waals surface area (Å²) < 4.78 is 18.8. The van der Waals surface area contributed by atoms with Crippen molar-refractivity contribution in [3.8, 4) is 5.75 Å². The maximum absolute atomic E-state index is 13.4. The van der Waals surface area contributed by atoms with Crippen LogP contribution in [-0.2, 0) is 4.79 Å². The van der Waals surface area contributed by atoms with Gasteiger partial charge < -0.3 is 15.0 Å². The Morgan fingerprint density at radius 3 is 2.63 bits per heavy atom. The first-order valence-electron chi connectivity index (χ1n) is 10.8. The monoisotopic (exact) mass is 413 g/mol. The minimum atomic E-state index is -0.373. The first kappa shape index (κ1) is 22.1. The van der Waals surface area contributed by atoms with E-state index in [1.165, 1.54) is 17.3 Å². The summed E-state index contributed by atoms with van der Waals surface area (Å²) in [6.07, 6.45) is 1.91. The summed E-state index contributed by atoms with van der Waals surface area (Å²) in [6.45, 7) is 8.33. The molecule has 162 valence electrons. The van der Waals surface area contributed by atoms with E-state index in [9.17, 15) is 9.18 Å². The van der Waals surface area contributed by atoms with Crippen LogP contribution in [0, 0.1) is 12.7 Å². The first-order valence-corrected chi connectivity index (χ1v) is 10.8. The maximum atomic E-state index is 13.4. The standard InChI is InChI=1S/C24H32FN3O2/c1-20-7-4-8-21(19-20)28-16-14-27(15-17-28)13-6-12-26-24(29)11-5-18-30-23-10-3-2-9-22(23)25/h2-4,7-10,19H,5-6,11-18H2,1H3,(H,26,29). The quantitative estimate of drug-likeness (QED) is 0.605. The molecule has 1 amide bonds. The second-order valence-electron chi connectivity index (χ2n) is 7.75. The molecule has 0 unspecified atom stereocenters. The fraction of sp³-hybridized carbons (Fsp3) is 0.458. The number of carbonyl (C=O) groups excluding carboxylic acids is 1. The average molecular weight is 414 g/mol. The molecule has 30 heavy (non-hydrogen) atoms. The van der Waals surface area contributed by atoms with Gasteiger partial charge in [-0.05, 0) is 56.1 Å². The van der Waals surface area contributed by atoms with Crippen LogP contribution in [0.1, 0.15) is 24.8 Å². The van der Waals surface area contributed by atoms with Crippen LogP contribution in [0.3, 0.4) is 0 Å². The Bertz CT molecular complexity index is 807. The van der Waals surface area contributed by atoms with Crippen LogP contribution in [0.4, 0.5) is 10.1 Å². The highest BCUT2D eigenvalue weighted by atomic mass is 19.1. The zero-order valence-corrected chi connectivity index (χ0v) is 17.8. The Hall–Kier alpha value is -2.60. The highest BCUT2D eigenvalue weighted by Gasteiger charge is 2.16. The van der Waals surface area contributed by atoms with Gasteiger partial charge in [0.2, 0.25) is 5.91 Å². The van der Waals surface area contributed by atoms with Crippen LogP contribution in [-0.4, -0.2) is 56.7 Å². The molecule has 0 aromatic heterocycles. The molecule has 6 heteroatoms. The molecular weight excluding hydrogens is 381 g/mol. The number of amides is 1. The fourth-order valence-electron chi connectivity index (χ4n) is 3.65. The Labute approximate surface area is 178 Å². The number of benzene rings is 2. The van der Waals surface area contributed by atoms with Gasteiger partial charge in [-0.25, -0.2) is 4.39 Å². The third kappa shape index (κ3) is 7.02. The van der Waals surface area contributed by atoms with Crippen molar-refractivity contribution in [2.75, 3.05) is 50.8 Å². The lowest BCUT2D eigenvalue weighted by Gasteiger charge is -2.36. The summed E-state index contributed by atoms with van der Waals surface area (Å²) in [6, 6.07) is 15.0. The van der Waals surface area contributed by atoms with Gasteiger partial charge in [0.1, 0.15) is 0 Å². The molecule has 0 radical (unpaired) electrons. The van der Waals surface area contributed by atoms with Crippen molar-refractivity contribution < 1.29 is 13.9 Å². The number of para-hydroxylation sites is 1. The van der Waals surface area contributed by atoms with Crippen molar-refractivity contribution in [2.45, 2.75) is 26.2 Å². The second-order valence-corrected chi connectivity index (χ2v) is 7.75. The van der Waals surface area contributed by atoms with Gasteiger partial charge in [-0.15, -0.1) is 0 Å². The van der Waals surface area contributed by atoms with E-state index in [4.69, 9.17) is 4.74 Å². The predicted octanol–water partition coefficient (Wildman–Crippen LogP) is 3.62. The molecule has 0 atom stereocenters. The van der Waals surface area contributed by atoms with Crippen LogP contribution < -0.4 is 15.0 Å².